The molecule has 1 aromatic heterocycles. The molecular formula is C21H22ClN5O6S2. The molecule has 186 valence electrons. The summed E-state index contributed by atoms with van der Waals surface area (Å²) in [7, 11) is -6.48. The fourth-order valence-corrected chi connectivity index (χ4v) is 4.93. The first-order chi connectivity index (χ1) is 16.4. The fraction of sp³-hybridized carbons (Fsp3) is 0.190. The van der Waals surface area contributed by atoms with Gasteiger partial charge in [-0.15, -0.1) is 0 Å². The third-order valence-electron chi connectivity index (χ3n) is 4.57. The highest BCUT2D eigenvalue weighted by molar-refractivity contribution is 7.92. The van der Waals surface area contributed by atoms with Gasteiger partial charge in [-0.2, -0.15) is 0 Å². The summed E-state index contributed by atoms with van der Waals surface area (Å²) in [5.74, 6) is -0.522. The summed E-state index contributed by atoms with van der Waals surface area (Å²) < 4.78 is 58.3. The van der Waals surface area contributed by atoms with Crippen LogP contribution < -0.4 is 19.1 Å². The standard InChI is InChI=1S/C21H22ClN5O6S2/c1-14-10-11-23-21(24-14)26-35(31,32)17-7-5-16(6-8-17)25-20(28)13-27(34(3,29)30)18-12-15(22)4-9-19(18)33-2/h4-12H,13H2,1-3H3,(H,25,28)(H,23,24,26). The summed E-state index contributed by atoms with van der Waals surface area (Å²) in [5, 5.41) is 2.80. The van der Waals surface area contributed by atoms with Crippen LogP contribution in [0.5, 0.6) is 5.75 Å². The lowest BCUT2D eigenvalue weighted by Crippen LogP contribution is -2.37. The monoisotopic (exact) mass is 539 g/mol. The van der Waals surface area contributed by atoms with E-state index in [1.165, 1.54) is 55.8 Å². The van der Waals surface area contributed by atoms with Crippen LogP contribution in [0, 0.1) is 6.92 Å². The number of carbonyl (C=O) groups is 1. The molecule has 0 spiro atoms. The molecule has 0 bridgehead atoms. The lowest BCUT2D eigenvalue weighted by molar-refractivity contribution is -0.114. The Morgan fingerprint density at radius 1 is 1.09 bits per heavy atom. The molecule has 14 heteroatoms. The predicted molar refractivity (Wildman–Crippen MR) is 133 cm³/mol. The van der Waals surface area contributed by atoms with Crippen molar-refractivity contribution in [1.29, 1.82) is 0 Å². The van der Waals surface area contributed by atoms with Gasteiger partial charge in [0.1, 0.15) is 12.3 Å². The number of aryl methyl sites for hydroxylation is 1. The van der Waals surface area contributed by atoms with Crippen LogP contribution in [0.2, 0.25) is 5.02 Å². The second kappa shape index (κ2) is 10.5. The highest BCUT2D eigenvalue weighted by Crippen LogP contribution is 2.32. The van der Waals surface area contributed by atoms with Crippen molar-refractivity contribution in [3.63, 3.8) is 0 Å². The van der Waals surface area contributed by atoms with Gasteiger partial charge in [0.05, 0.1) is 23.9 Å². The number of benzene rings is 2. The summed E-state index contributed by atoms with van der Waals surface area (Å²) >= 11 is 6.00. The summed E-state index contributed by atoms with van der Waals surface area (Å²) in [4.78, 5) is 20.4. The molecule has 2 aromatic carbocycles. The molecule has 0 saturated carbocycles. The molecule has 35 heavy (non-hydrogen) atoms. The minimum atomic E-state index is -3.96. The first-order valence-electron chi connectivity index (χ1n) is 9.93. The van der Waals surface area contributed by atoms with E-state index in [-0.39, 0.29) is 33.0 Å². The van der Waals surface area contributed by atoms with Gasteiger partial charge in [0.15, 0.2) is 0 Å². The van der Waals surface area contributed by atoms with Crippen LogP contribution in [0.25, 0.3) is 0 Å². The molecule has 0 unspecified atom stereocenters. The minimum Gasteiger partial charge on any atom is -0.495 e. The second-order valence-corrected chi connectivity index (χ2v) is 11.3. The molecule has 3 rings (SSSR count). The number of carbonyl (C=O) groups excluding carboxylic acids is 1. The Balaban J connectivity index is 1.75. The van der Waals surface area contributed by atoms with E-state index < -0.39 is 32.5 Å². The van der Waals surface area contributed by atoms with E-state index in [2.05, 4.69) is 20.0 Å². The number of halogens is 1. The predicted octanol–water partition coefficient (Wildman–Crippen LogP) is 2.65. The number of nitrogens with zero attached hydrogens (tertiary/aromatic N) is 3. The molecule has 0 fully saturated rings. The molecule has 0 atom stereocenters. The van der Waals surface area contributed by atoms with Gasteiger partial charge in [-0.3, -0.25) is 9.10 Å². The number of aromatic nitrogens is 2. The number of nitrogens with one attached hydrogen (secondary N) is 2. The third-order valence-corrected chi connectivity index (χ3v) is 7.27. The van der Waals surface area contributed by atoms with Crippen LogP contribution in [0.3, 0.4) is 0 Å². The topological polar surface area (TPSA) is 148 Å². The molecule has 1 heterocycles. The molecule has 11 nitrogen and oxygen atoms in total. The van der Waals surface area contributed by atoms with Crippen molar-refractivity contribution in [2.75, 3.05) is 34.3 Å². The lowest BCUT2D eigenvalue weighted by atomic mass is 10.3. The normalized spacial score (nSPS) is 11.5. The zero-order chi connectivity index (χ0) is 25.8. The van der Waals surface area contributed by atoms with Gasteiger partial charge in [0.25, 0.3) is 10.0 Å². The number of methoxy groups -OCH3 is 1. The van der Waals surface area contributed by atoms with Crippen molar-refractivity contribution >= 4 is 54.9 Å². The van der Waals surface area contributed by atoms with Gasteiger partial charge in [-0.05, 0) is 55.5 Å². The van der Waals surface area contributed by atoms with Gasteiger partial charge in [0, 0.05) is 22.6 Å². The van der Waals surface area contributed by atoms with Gasteiger partial charge in [-0.1, -0.05) is 11.6 Å². The summed E-state index contributed by atoms with van der Waals surface area (Å²) in [6.07, 6.45) is 2.38. The molecule has 2 N–H and O–H groups in total. The number of rotatable bonds is 9. The van der Waals surface area contributed by atoms with Crippen molar-refractivity contribution in [3.8, 4) is 5.75 Å². The molecule has 0 aliphatic carbocycles. The van der Waals surface area contributed by atoms with E-state index in [1.54, 1.807) is 13.0 Å². The number of hydrogen-bond acceptors (Lipinski definition) is 8. The van der Waals surface area contributed by atoms with Crippen LogP contribution in [0.1, 0.15) is 5.69 Å². The Bertz CT molecular complexity index is 1450. The van der Waals surface area contributed by atoms with Crippen LogP contribution in [0.15, 0.2) is 59.6 Å². The zero-order valence-corrected chi connectivity index (χ0v) is 21.3. The molecule has 0 saturated heterocycles. The first kappa shape index (κ1) is 26.2. The van der Waals surface area contributed by atoms with E-state index in [9.17, 15) is 21.6 Å². The lowest BCUT2D eigenvalue weighted by Gasteiger charge is -2.24. The third kappa shape index (κ3) is 6.81. The Morgan fingerprint density at radius 3 is 2.37 bits per heavy atom. The number of sulfonamides is 2. The Morgan fingerprint density at radius 2 is 1.77 bits per heavy atom. The van der Waals surface area contributed by atoms with Crippen LogP contribution in [-0.2, 0) is 24.8 Å². The first-order valence-corrected chi connectivity index (χ1v) is 13.6. The van der Waals surface area contributed by atoms with Gasteiger partial charge >= 0.3 is 0 Å². The number of amides is 1. The molecule has 1 amide bonds. The highest BCUT2D eigenvalue weighted by Gasteiger charge is 2.24. The summed E-state index contributed by atoms with van der Waals surface area (Å²) in [6.45, 7) is 1.13. The van der Waals surface area contributed by atoms with Crippen molar-refractivity contribution in [1.82, 2.24) is 9.97 Å². The van der Waals surface area contributed by atoms with E-state index in [0.717, 1.165) is 10.6 Å². The second-order valence-electron chi connectivity index (χ2n) is 7.29. The maximum atomic E-state index is 12.6. The Labute approximate surface area is 208 Å². The van der Waals surface area contributed by atoms with Crippen LogP contribution in [0.4, 0.5) is 17.3 Å². The van der Waals surface area contributed by atoms with Crippen molar-refractivity contribution in [3.05, 3.63) is 65.4 Å². The van der Waals surface area contributed by atoms with Crippen LogP contribution >= 0.6 is 11.6 Å². The van der Waals surface area contributed by atoms with Gasteiger partial charge in [-0.25, -0.2) is 31.5 Å². The smallest absolute Gasteiger partial charge is 0.264 e. The quantitative estimate of drug-likeness (QED) is 0.421. The maximum Gasteiger partial charge on any atom is 0.264 e. The molecule has 3 aromatic rings. The number of ether oxygens (including phenoxy) is 1. The molecule has 0 radical (unpaired) electrons. The molecular weight excluding hydrogens is 518 g/mol. The van der Waals surface area contributed by atoms with E-state index >= 15 is 0 Å². The largest absolute Gasteiger partial charge is 0.495 e. The van der Waals surface area contributed by atoms with E-state index in [1.807, 2.05) is 0 Å². The fourth-order valence-electron chi connectivity index (χ4n) is 2.96. The highest BCUT2D eigenvalue weighted by atomic mass is 35.5. The number of hydrogen-bond donors (Lipinski definition) is 2. The molecule has 0 aliphatic heterocycles. The van der Waals surface area contributed by atoms with E-state index in [4.69, 9.17) is 16.3 Å². The zero-order valence-electron chi connectivity index (χ0n) is 18.9. The van der Waals surface area contributed by atoms with Crippen molar-refractivity contribution < 1.29 is 26.4 Å². The Kier molecular flexibility index (Phi) is 7.83. The number of anilines is 3. The minimum absolute atomic E-state index is 0.0697. The maximum absolute atomic E-state index is 12.6. The van der Waals surface area contributed by atoms with E-state index in [0.29, 0.717) is 5.69 Å². The van der Waals surface area contributed by atoms with Crippen LogP contribution in [-0.4, -0.2) is 52.6 Å². The average Bonchev–Trinajstić information content (AvgIpc) is 2.77. The van der Waals surface area contributed by atoms with Crippen molar-refractivity contribution in [2.45, 2.75) is 11.8 Å². The van der Waals surface area contributed by atoms with Gasteiger partial charge in [0.2, 0.25) is 21.9 Å². The van der Waals surface area contributed by atoms with Crippen molar-refractivity contribution in [2.24, 2.45) is 0 Å². The molecule has 0 aliphatic rings. The SMILES string of the molecule is COc1ccc(Cl)cc1N(CC(=O)Nc1ccc(S(=O)(=O)Nc2nccc(C)n2)cc1)S(C)(=O)=O. The Hall–Kier alpha value is -3.42. The average molecular weight is 540 g/mol. The summed E-state index contributed by atoms with van der Waals surface area (Å²) in [5.41, 5.74) is 0.949. The van der Waals surface area contributed by atoms with Gasteiger partial charge < -0.3 is 10.1 Å². The summed E-state index contributed by atoms with van der Waals surface area (Å²) in [6, 6.07) is 11.3.